The van der Waals surface area contributed by atoms with E-state index in [0.717, 1.165) is 82.5 Å². The molecule has 0 spiro atoms. The van der Waals surface area contributed by atoms with Crippen LogP contribution < -0.4 is 10.2 Å². The first kappa shape index (κ1) is 30.8. The van der Waals surface area contributed by atoms with Crippen molar-refractivity contribution in [1.82, 2.24) is 20.0 Å². The lowest BCUT2D eigenvalue weighted by Gasteiger charge is -2.48. The van der Waals surface area contributed by atoms with E-state index in [1.165, 1.54) is 24.2 Å². The van der Waals surface area contributed by atoms with Gasteiger partial charge in [-0.15, -0.1) is 0 Å². The number of aryl methyl sites for hydroxylation is 1. The van der Waals surface area contributed by atoms with Crippen molar-refractivity contribution in [3.63, 3.8) is 0 Å². The molecule has 2 saturated heterocycles. The van der Waals surface area contributed by atoms with Gasteiger partial charge in [-0.1, -0.05) is 36.8 Å². The lowest BCUT2D eigenvalue weighted by molar-refractivity contribution is 0.0871. The van der Waals surface area contributed by atoms with Gasteiger partial charge in [0, 0.05) is 49.9 Å². The summed E-state index contributed by atoms with van der Waals surface area (Å²) in [6, 6.07) is 20.4. The summed E-state index contributed by atoms with van der Waals surface area (Å²) in [6.07, 6.45) is 8.04. The first-order chi connectivity index (χ1) is 22.2. The Hall–Kier alpha value is -3.88. The van der Waals surface area contributed by atoms with E-state index in [1.807, 2.05) is 30.3 Å². The Labute approximate surface area is 271 Å². The fraction of sp³-hybridized carbons (Fsp3) is 0.514. The number of carbonyl (C=O) groups is 1. The van der Waals surface area contributed by atoms with E-state index in [1.54, 1.807) is 19.2 Å². The lowest BCUT2D eigenvalue weighted by atomic mass is 9.57. The molecule has 7 rings (SSSR count). The van der Waals surface area contributed by atoms with Crippen molar-refractivity contribution in [1.29, 1.82) is 5.26 Å². The lowest BCUT2D eigenvalue weighted by Crippen LogP contribution is -2.55. The standard InChI is InChI=1S/C35H42N6O4S/c1-39-23-31(19-37-39)46(43,44)30-11-9-29(10-12-30)41-21-26(22-41)20-40-17-13-28(14-18-40)35(25-36,27-7-4-3-5-8-27)33-15-6-16-34(33,24-33)38-32(42)45-2/h3-5,7-12,19,23,26,28H,6,13-18,20-22,24H2,1-2H3,(H,38,42)/t33-,34+,35?/m1/s1. The molecule has 0 radical (unpaired) electrons. The normalized spacial score (nSPS) is 26.4. The topological polar surface area (TPSA) is 121 Å². The zero-order valence-electron chi connectivity index (χ0n) is 26.6. The second kappa shape index (κ2) is 11.4. The number of anilines is 1. The number of ether oxygens (including phenoxy) is 1. The fourth-order valence-electron chi connectivity index (χ4n) is 9.19. The molecule has 4 aliphatic rings. The zero-order chi connectivity index (χ0) is 32.2. The van der Waals surface area contributed by atoms with Crippen LogP contribution in [0.3, 0.4) is 0 Å². The van der Waals surface area contributed by atoms with E-state index in [4.69, 9.17) is 4.74 Å². The van der Waals surface area contributed by atoms with Crippen LogP contribution >= 0.6 is 0 Å². The Morgan fingerprint density at radius 1 is 1.09 bits per heavy atom. The summed E-state index contributed by atoms with van der Waals surface area (Å²) in [4.78, 5) is 17.7. The molecule has 46 heavy (non-hydrogen) atoms. The average Bonchev–Trinajstić information content (AvgIpc) is 3.28. The van der Waals surface area contributed by atoms with E-state index in [9.17, 15) is 18.5 Å². The summed E-state index contributed by atoms with van der Waals surface area (Å²) in [5.74, 6) is 0.744. The average molecular weight is 643 g/mol. The second-order valence-corrected chi connectivity index (χ2v) is 15.7. The first-order valence-corrected chi connectivity index (χ1v) is 17.8. The molecule has 2 aliphatic carbocycles. The predicted molar refractivity (Wildman–Crippen MR) is 173 cm³/mol. The van der Waals surface area contributed by atoms with Crippen LogP contribution in [0.4, 0.5) is 10.5 Å². The summed E-state index contributed by atoms with van der Waals surface area (Å²) in [6.45, 7) is 4.79. The molecule has 1 amide bonds. The SMILES string of the molecule is COC(=O)N[C@]12CCC[C@@]1(C(C#N)(c1ccccc1)C1CCN(CC3CN(c4ccc(S(=O)(=O)c5cnn(C)c5)cc4)C3)CC1)C2. The van der Waals surface area contributed by atoms with Gasteiger partial charge in [-0.3, -0.25) is 4.68 Å². The number of nitrogens with zero attached hydrogens (tertiary/aromatic N) is 5. The molecule has 1 N–H and O–H groups in total. The Morgan fingerprint density at radius 2 is 1.80 bits per heavy atom. The van der Waals surface area contributed by atoms with Crippen molar-refractivity contribution in [2.75, 3.05) is 44.7 Å². The third-order valence-electron chi connectivity index (χ3n) is 11.5. The van der Waals surface area contributed by atoms with E-state index in [2.05, 4.69) is 38.4 Å². The van der Waals surface area contributed by atoms with Crippen molar-refractivity contribution in [2.24, 2.45) is 24.3 Å². The number of sulfone groups is 1. The maximum Gasteiger partial charge on any atom is 0.407 e. The summed E-state index contributed by atoms with van der Waals surface area (Å²) in [7, 11) is -0.474. The maximum absolute atomic E-state index is 12.9. The van der Waals surface area contributed by atoms with Gasteiger partial charge in [0.15, 0.2) is 0 Å². The van der Waals surface area contributed by atoms with Crippen molar-refractivity contribution in [3.05, 3.63) is 72.6 Å². The molecule has 1 aromatic heterocycles. The first-order valence-electron chi connectivity index (χ1n) is 16.3. The Bertz CT molecular complexity index is 1740. The van der Waals surface area contributed by atoms with Crippen LogP contribution in [0, 0.1) is 28.6 Å². The number of rotatable bonds is 9. The van der Waals surface area contributed by atoms with Gasteiger partial charge in [0.25, 0.3) is 0 Å². The van der Waals surface area contributed by atoms with Gasteiger partial charge >= 0.3 is 6.09 Å². The Balaban J connectivity index is 0.989. The Kier molecular flexibility index (Phi) is 7.64. The number of nitriles is 1. The number of alkyl carbamates (subject to hydrolysis) is 1. The molecule has 0 bridgehead atoms. The van der Waals surface area contributed by atoms with Gasteiger partial charge in [-0.25, -0.2) is 13.2 Å². The maximum atomic E-state index is 12.9. The highest BCUT2D eigenvalue weighted by Crippen LogP contribution is 2.76. The number of carbonyl (C=O) groups excluding carboxylic acids is 1. The number of fused-ring (bicyclic) bond motifs is 1. The minimum atomic E-state index is -3.58. The Morgan fingerprint density at radius 3 is 2.43 bits per heavy atom. The molecular weight excluding hydrogens is 600 g/mol. The number of likely N-dealkylation sites (tertiary alicyclic amines) is 1. The largest absolute Gasteiger partial charge is 0.453 e. The predicted octanol–water partition coefficient (Wildman–Crippen LogP) is 4.53. The fourth-order valence-corrected chi connectivity index (χ4v) is 10.4. The monoisotopic (exact) mass is 642 g/mol. The third-order valence-corrected chi connectivity index (χ3v) is 13.2. The van der Waals surface area contributed by atoms with Crippen molar-refractivity contribution in [2.45, 2.75) is 59.3 Å². The van der Waals surface area contributed by atoms with E-state index in [0.29, 0.717) is 5.92 Å². The van der Waals surface area contributed by atoms with Crippen molar-refractivity contribution < 1.29 is 17.9 Å². The highest BCUT2D eigenvalue weighted by Gasteiger charge is 2.80. The van der Waals surface area contributed by atoms with Crippen LogP contribution in [0.25, 0.3) is 0 Å². The minimum Gasteiger partial charge on any atom is -0.453 e. The number of nitrogens with one attached hydrogen (secondary N) is 1. The van der Waals surface area contributed by atoms with Crippen molar-refractivity contribution in [3.8, 4) is 6.07 Å². The van der Waals surface area contributed by atoms with Crippen LogP contribution in [0.1, 0.15) is 44.1 Å². The summed E-state index contributed by atoms with van der Waals surface area (Å²) in [5.41, 5.74) is 0.797. The molecule has 2 saturated carbocycles. The highest BCUT2D eigenvalue weighted by molar-refractivity contribution is 7.91. The van der Waals surface area contributed by atoms with Crippen LogP contribution in [0.2, 0.25) is 0 Å². The molecule has 2 aliphatic heterocycles. The number of methoxy groups -OCH3 is 1. The number of benzene rings is 2. The zero-order valence-corrected chi connectivity index (χ0v) is 27.4. The molecule has 10 nitrogen and oxygen atoms in total. The molecule has 4 fully saturated rings. The number of amides is 1. The minimum absolute atomic E-state index is 0.198. The van der Waals surface area contributed by atoms with Gasteiger partial charge in [-0.05, 0) is 80.9 Å². The molecule has 242 valence electrons. The van der Waals surface area contributed by atoms with E-state index < -0.39 is 21.3 Å². The van der Waals surface area contributed by atoms with Gasteiger partial charge in [0.05, 0.1) is 35.2 Å². The van der Waals surface area contributed by atoms with Gasteiger partial charge < -0.3 is 19.9 Å². The van der Waals surface area contributed by atoms with Gasteiger partial charge in [0.2, 0.25) is 9.84 Å². The molecule has 3 atom stereocenters. The summed E-state index contributed by atoms with van der Waals surface area (Å²) < 4.78 is 32.4. The molecule has 1 unspecified atom stereocenters. The van der Waals surface area contributed by atoms with E-state index in [-0.39, 0.29) is 26.7 Å². The molecule has 3 heterocycles. The van der Waals surface area contributed by atoms with Crippen molar-refractivity contribution >= 4 is 21.6 Å². The van der Waals surface area contributed by atoms with Crippen LogP contribution in [0.15, 0.2) is 76.8 Å². The van der Waals surface area contributed by atoms with Gasteiger partial charge in [0.1, 0.15) is 4.90 Å². The number of aromatic nitrogens is 2. The summed E-state index contributed by atoms with van der Waals surface area (Å²) in [5, 5.41) is 18.3. The smallest absolute Gasteiger partial charge is 0.407 e. The number of hydrogen-bond acceptors (Lipinski definition) is 8. The van der Waals surface area contributed by atoms with E-state index >= 15 is 0 Å². The molecular formula is C35H42N6O4S. The summed E-state index contributed by atoms with van der Waals surface area (Å²) >= 11 is 0. The van der Waals surface area contributed by atoms with Crippen LogP contribution in [-0.2, 0) is 27.0 Å². The van der Waals surface area contributed by atoms with Crippen LogP contribution in [0.5, 0.6) is 0 Å². The van der Waals surface area contributed by atoms with Gasteiger partial charge in [-0.2, -0.15) is 10.4 Å². The molecule has 11 heteroatoms. The van der Waals surface area contributed by atoms with Crippen LogP contribution in [-0.4, -0.2) is 74.6 Å². The molecule has 3 aromatic rings. The quantitative estimate of drug-likeness (QED) is 0.362. The second-order valence-electron chi connectivity index (χ2n) is 13.8. The third kappa shape index (κ3) is 4.80. The highest BCUT2D eigenvalue weighted by atomic mass is 32.2. The number of piperidine rings is 1. The number of hydrogen-bond donors (Lipinski definition) is 1. The molecule has 2 aromatic carbocycles.